The smallest absolute Gasteiger partial charge is 0.271 e. The summed E-state index contributed by atoms with van der Waals surface area (Å²) in [6.07, 6.45) is 1.56. The van der Waals surface area contributed by atoms with Crippen LogP contribution in [0, 0.1) is 0 Å². The Bertz CT molecular complexity index is 1370. The number of fused-ring (bicyclic) bond motifs is 1. The van der Waals surface area contributed by atoms with Gasteiger partial charge in [0.2, 0.25) is 0 Å². The molecule has 0 fully saturated rings. The summed E-state index contributed by atoms with van der Waals surface area (Å²) >= 11 is 3.49. The molecule has 0 spiro atoms. The summed E-state index contributed by atoms with van der Waals surface area (Å²) in [6, 6.07) is 25.0. The van der Waals surface area contributed by atoms with E-state index in [9.17, 15) is 4.79 Å². The Morgan fingerprint density at radius 1 is 0.943 bits per heavy atom. The lowest BCUT2D eigenvalue weighted by molar-refractivity contribution is 0.0954. The molecule has 178 valence electrons. The Kier molecular flexibility index (Phi) is 8.00. The van der Waals surface area contributed by atoms with E-state index in [-0.39, 0.29) is 5.91 Å². The van der Waals surface area contributed by atoms with Gasteiger partial charge in [-0.1, -0.05) is 58.4 Å². The fourth-order valence-electron chi connectivity index (χ4n) is 3.64. The molecule has 4 rings (SSSR count). The van der Waals surface area contributed by atoms with Crippen molar-refractivity contribution in [2.75, 3.05) is 13.7 Å². The minimum absolute atomic E-state index is 0.363. The van der Waals surface area contributed by atoms with Gasteiger partial charge in [-0.15, -0.1) is 0 Å². The summed E-state index contributed by atoms with van der Waals surface area (Å²) in [6.45, 7) is 2.74. The zero-order valence-electron chi connectivity index (χ0n) is 19.5. The predicted octanol–water partition coefficient (Wildman–Crippen LogP) is 6.35. The number of ether oxygens (including phenoxy) is 3. The molecule has 0 aliphatic carbocycles. The van der Waals surface area contributed by atoms with Crippen LogP contribution in [-0.4, -0.2) is 25.8 Å². The van der Waals surface area contributed by atoms with Gasteiger partial charge in [0.05, 0.1) is 19.9 Å². The number of methoxy groups -OCH3 is 1. The number of rotatable bonds is 9. The van der Waals surface area contributed by atoms with Crippen molar-refractivity contribution in [3.63, 3.8) is 0 Å². The zero-order valence-corrected chi connectivity index (χ0v) is 21.0. The molecule has 0 saturated carbocycles. The van der Waals surface area contributed by atoms with Crippen LogP contribution < -0.4 is 19.6 Å². The van der Waals surface area contributed by atoms with Gasteiger partial charge in [0.1, 0.15) is 12.4 Å². The Morgan fingerprint density at radius 3 is 2.57 bits per heavy atom. The molecule has 0 aliphatic heterocycles. The third-order valence-corrected chi connectivity index (χ3v) is 5.82. The van der Waals surface area contributed by atoms with Crippen LogP contribution in [0.15, 0.2) is 88.4 Å². The summed E-state index contributed by atoms with van der Waals surface area (Å²) in [5.41, 5.74) is 4.79. The molecular weight excluding hydrogens is 508 g/mol. The molecule has 35 heavy (non-hydrogen) atoms. The largest absolute Gasteiger partial charge is 0.493 e. The van der Waals surface area contributed by atoms with Gasteiger partial charge < -0.3 is 14.2 Å². The normalized spacial score (nSPS) is 10.9. The second-order valence-electron chi connectivity index (χ2n) is 7.61. The predicted molar refractivity (Wildman–Crippen MR) is 142 cm³/mol. The molecule has 0 heterocycles. The highest BCUT2D eigenvalue weighted by molar-refractivity contribution is 9.10. The van der Waals surface area contributed by atoms with Crippen LogP contribution in [0.25, 0.3) is 10.8 Å². The van der Waals surface area contributed by atoms with E-state index >= 15 is 0 Å². The van der Waals surface area contributed by atoms with Crippen LogP contribution in [0.2, 0.25) is 0 Å². The maximum Gasteiger partial charge on any atom is 0.271 e. The quantitative estimate of drug-likeness (QED) is 0.201. The molecule has 4 aromatic carbocycles. The maximum absolute atomic E-state index is 12.6. The van der Waals surface area contributed by atoms with Crippen molar-refractivity contribution < 1.29 is 19.0 Å². The number of halogens is 1. The average molecular weight is 533 g/mol. The summed E-state index contributed by atoms with van der Waals surface area (Å²) in [7, 11) is 1.56. The van der Waals surface area contributed by atoms with Crippen LogP contribution in [-0.2, 0) is 6.61 Å². The zero-order chi connectivity index (χ0) is 24.6. The molecule has 0 atom stereocenters. The van der Waals surface area contributed by atoms with Crippen molar-refractivity contribution in [1.82, 2.24) is 5.43 Å². The van der Waals surface area contributed by atoms with Crippen LogP contribution in [0.1, 0.15) is 28.4 Å². The first-order valence-corrected chi connectivity index (χ1v) is 11.9. The van der Waals surface area contributed by atoms with Gasteiger partial charge in [0, 0.05) is 15.6 Å². The van der Waals surface area contributed by atoms with E-state index in [2.05, 4.69) is 50.7 Å². The van der Waals surface area contributed by atoms with Gasteiger partial charge in [-0.05, 0) is 59.7 Å². The maximum atomic E-state index is 12.6. The van der Waals surface area contributed by atoms with E-state index in [4.69, 9.17) is 14.2 Å². The SMILES string of the molecule is CCOc1cc(C(=O)N/N=C/c2cc(Br)ccc2OCc2cccc3ccccc23)ccc1OC. The van der Waals surface area contributed by atoms with Crippen LogP contribution in [0.3, 0.4) is 0 Å². The first kappa shape index (κ1) is 24.3. The number of carbonyl (C=O) groups excluding carboxylic acids is 1. The third-order valence-electron chi connectivity index (χ3n) is 5.33. The number of nitrogens with zero attached hydrogens (tertiary/aromatic N) is 1. The minimum atomic E-state index is -0.363. The highest BCUT2D eigenvalue weighted by Gasteiger charge is 2.11. The van der Waals surface area contributed by atoms with E-state index in [0.29, 0.717) is 36.0 Å². The summed E-state index contributed by atoms with van der Waals surface area (Å²) in [5.74, 6) is 1.36. The lowest BCUT2D eigenvalue weighted by Gasteiger charge is -2.12. The van der Waals surface area contributed by atoms with Gasteiger partial charge >= 0.3 is 0 Å². The lowest BCUT2D eigenvalue weighted by atomic mass is 10.1. The van der Waals surface area contributed by atoms with Gasteiger partial charge in [-0.25, -0.2) is 5.43 Å². The fraction of sp³-hybridized carbons (Fsp3) is 0.143. The van der Waals surface area contributed by atoms with E-state index in [0.717, 1.165) is 21.0 Å². The molecule has 0 bridgehead atoms. The van der Waals surface area contributed by atoms with Crippen molar-refractivity contribution in [1.29, 1.82) is 0 Å². The van der Waals surface area contributed by atoms with E-state index in [1.165, 1.54) is 5.39 Å². The van der Waals surface area contributed by atoms with E-state index < -0.39 is 0 Å². The van der Waals surface area contributed by atoms with Crippen LogP contribution in [0.5, 0.6) is 17.2 Å². The molecule has 6 nitrogen and oxygen atoms in total. The second kappa shape index (κ2) is 11.5. The number of hydrogen-bond donors (Lipinski definition) is 1. The Labute approximate surface area is 212 Å². The van der Waals surface area contributed by atoms with Crippen molar-refractivity contribution in [3.05, 3.63) is 100 Å². The Hall–Kier alpha value is -3.84. The monoisotopic (exact) mass is 532 g/mol. The number of amides is 1. The molecule has 0 aliphatic rings. The molecule has 0 saturated heterocycles. The third kappa shape index (κ3) is 6.00. The fourth-order valence-corrected chi connectivity index (χ4v) is 4.02. The number of carbonyl (C=O) groups is 1. The molecular formula is C28H25BrN2O4. The highest BCUT2D eigenvalue weighted by atomic mass is 79.9. The topological polar surface area (TPSA) is 69.2 Å². The molecule has 1 amide bonds. The molecule has 0 unspecified atom stereocenters. The molecule has 7 heteroatoms. The molecule has 0 radical (unpaired) electrons. The number of nitrogens with one attached hydrogen (secondary N) is 1. The summed E-state index contributed by atoms with van der Waals surface area (Å²) in [5, 5.41) is 6.47. The number of hydrazone groups is 1. The first-order chi connectivity index (χ1) is 17.1. The van der Waals surface area contributed by atoms with Gasteiger partial charge in [-0.3, -0.25) is 4.79 Å². The van der Waals surface area contributed by atoms with E-state index in [1.54, 1.807) is 31.5 Å². The molecule has 4 aromatic rings. The summed E-state index contributed by atoms with van der Waals surface area (Å²) < 4.78 is 17.8. The minimum Gasteiger partial charge on any atom is -0.493 e. The van der Waals surface area contributed by atoms with E-state index in [1.807, 2.05) is 43.3 Å². The average Bonchev–Trinajstić information content (AvgIpc) is 2.88. The Balaban J connectivity index is 1.48. The number of benzene rings is 4. The first-order valence-electron chi connectivity index (χ1n) is 11.1. The number of hydrogen-bond acceptors (Lipinski definition) is 5. The highest BCUT2D eigenvalue weighted by Crippen LogP contribution is 2.28. The summed E-state index contributed by atoms with van der Waals surface area (Å²) in [4.78, 5) is 12.6. The van der Waals surface area contributed by atoms with Crippen LogP contribution >= 0.6 is 15.9 Å². The second-order valence-corrected chi connectivity index (χ2v) is 8.52. The molecule has 0 aromatic heterocycles. The van der Waals surface area contributed by atoms with Crippen molar-refractivity contribution >= 4 is 38.8 Å². The van der Waals surface area contributed by atoms with Gasteiger partial charge in [-0.2, -0.15) is 5.10 Å². The van der Waals surface area contributed by atoms with Gasteiger partial charge in [0.15, 0.2) is 11.5 Å². The Morgan fingerprint density at radius 2 is 1.74 bits per heavy atom. The standard InChI is InChI=1S/C28H25BrN2O4/c1-3-34-27-16-20(11-13-26(27)33-2)28(32)31-30-17-22-15-23(29)12-14-25(22)35-18-21-9-6-8-19-7-4-5-10-24(19)21/h4-17H,3,18H2,1-2H3,(H,31,32)/b30-17+. The van der Waals surface area contributed by atoms with Crippen molar-refractivity contribution in [3.8, 4) is 17.2 Å². The van der Waals surface area contributed by atoms with Crippen molar-refractivity contribution in [2.24, 2.45) is 5.10 Å². The van der Waals surface area contributed by atoms with Gasteiger partial charge in [0.25, 0.3) is 5.91 Å². The molecule has 1 N–H and O–H groups in total. The van der Waals surface area contributed by atoms with Crippen LogP contribution in [0.4, 0.5) is 0 Å². The van der Waals surface area contributed by atoms with Crippen molar-refractivity contribution in [2.45, 2.75) is 13.5 Å². The lowest BCUT2D eigenvalue weighted by Crippen LogP contribution is -2.17.